The molecule has 1 aliphatic heterocycles. The van der Waals surface area contributed by atoms with Gasteiger partial charge in [0.2, 0.25) is 5.96 Å². The third kappa shape index (κ3) is 0.796. The summed E-state index contributed by atoms with van der Waals surface area (Å²) in [4.78, 5) is 3.44. The summed E-state index contributed by atoms with van der Waals surface area (Å²) in [6.45, 7) is 0. The molecular weight excluding hydrogens is 108 g/mol. The highest BCUT2D eigenvalue weighted by Crippen LogP contribution is 2.02. The molecule has 0 aromatic carbocycles. The molecule has 0 saturated heterocycles. The van der Waals surface area contributed by atoms with E-state index in [2.05, 4.69) is 15.2 Å². The number of rotatable bonds is 0. The van der Waals surface area contributed by atoms with Crippen molar-refractivity contribution in [3.05, 3.63) is 0 Å². The predicted octanol–water partition coefficient (Wildman–Crippen LogP) is -1.70. The van der Waals surface area contributed by atoms with Crippen LogP contribution < -0.4 is 17.2 Å². The summed E-state index contributed by atoms with van der Waals surface area (Å²) in [7, 11) is 0. The zero-order valence-corrected chi connectivity index (χ0v) is 4.07. The van der Waals surface area contributed by atoms with Crippen molar-refractivity contribution >= 4 is 5.96 Å². The van der Waals surface area contributed by atoms with E-state index < -0.39 is 5.91 Å². The second-order valence-electron chi connectivity index (χ2n) is 1.45. The van der Waals surface area contributed by atoms with E-state index in [9.17, 15) is 0 Å². The Morgan fingerprint density at radius 2 is 2.00 bits per heavy atom. The van der Waals surface area contributed by atoms with Crippen LogP contribution in [0.1, 0.15) is 0 Å². The maximum absolute atomic E-state index is 5.12. The maximum atomic E-state index is 5.12. The molecule has 1 heterocycles. The van der Waals surface area contributed by atoms with Gasteiger partial charge in [0.15, 0.2) is 0 Å². The first-order valence-electron chi connectivity index (χ1n) is 1.96. The van der Waals surface area contributed by atoms with Crippen LogP contribution in [0.5, 0.6) is 0 Å². The van der Waals surface area contributed by atoms with Gasteiger partial charge in [0.25, 0.3) is 5.91 Å². The Balaban J connectivity index is 2.84. The van der Waals surface area contributed by atoms with Gasteiger partial charge in [-0.2, -0.15) is 4.99 Å². The molecular formula is C2H6N6. The van der Waals surface area contributed by atoms with Gasteiger partial charge in [-0.05, 0) is 0 Å². The van der Waals surface area contributed by atoms with E-state index in [1.165, 1.54) is 0 Å². The van der Waals surface area contributed by atoms with Gasteiger partial charge >= 0.3 is 0 Å². The first-order valence-corrected chi connectivity index (χ1v) is 1.96. The smallest absolute Gasteiger partial charge is 0.281 e. The third-order valence-electron chi connectivity index (χ3n) is 0.606. The predicted molar refractivity (Wildman–Crippen MR) is 27.6 cm³/mol. The average Bonchev–Trinajstić information content (AvgIpc) is 1.82. The van der Waals surface area contributed by atoms with Crippen LogP contribution in [0.25, 0.3) is 0 Å². The minimum Gasteiger partial charge on any atom is -0.367 e. The molecule has 8 heavy (non-hydrogen) atoms. The topological polar surface area (TPSA) is 115 Å². The molecule has 6 heteroatoms. The van der Waals surface area contributed by atoms with Crippen LogP contribution in [0.3, 0.4) is 0 Å². The molecule has 1 rings (SSSR count). The fourth-order valence-corrected chi connectivity index (χ4v) is 0.360. The molecule has 0 amide bonds. The molecule has 44 valence electrons. The molecule has 0 aromatic rings. The molecule has 0 saturated carbocycles. The second-order valence-corrected chi connectivity index (χ2v) is 1.45. The largest absolute Gasteiger partial charge is 0.367 e. The van der Waals surface area contributed by atoms with Gasteiger partial charge in [0, 0.05) is 0 Å². The first-order chi connectivity index (χ1) is 3.60. The van der Waals surface area contributed by atoms with Gasteiger partial charge < -0.3 is 5.73 Å². The van der Waals surface area contributed by atoms with Crippen LogP contribution in [0.2, 0.25) is 0 Å². The molecule has 0 bridgehead atoms. The van der Waals surface area contributed by atoms with Crippen molar-refractivity contribution in [2.45, 2.75) is 5.91 Å². The van der Waals surface area contributed by atoms with Gasteiger partial charge in [-0.1, -0.05) is 0 Å². The molecule has 0 aromatic heterocycles. The monoisotopic (exact) mass is 114 g/mol. The summed E-state index contributed by atoms with van der Waals surface area (Å²) in [5.74, 6) is -1.39. The molecule has 0 atom stereocenters. The molecule has 0 radical (unpaired) electrons. The lowest BCUT2D eigenvalue weighted by molar-refractivity contribution is 0.489. The van der Waals surface area contributed by atoms with E-state index in [0.29, 0.717) is 0 Å². The summed E-state index contributed by atoms with van der Waals surface area (Å²) in [5.41, 5.74) is 15.3. The van der Waals surface area contributed by atoms with Crippen LogP contribution in [0.4, 0.5) is 0 Å². The van der Waals surface area contributed by atoms with Gasteiger partial charge in [-0.25, -0.2) is 0 Å². The number of hydrogen-bond donors (Lipinski definition) is 3. The molecule has 6 N–H and O–H groups in total. The van der Waals surface area contributed by atoms with E-state index in [0.717, 1.165) is 0 Å². The van der Waals surface area contributed by atoms with E-state index in [4.69, 9.17) is 17.2 Å². The Labute approximate surface area is 45.5 Å². The van der Waals surface area contributed by atoms with Gasteiger partial charge in [-0.15, -0.1) is 10.2 Å². The summed E-state index contributed by atoms with van der Waals surface area (Å²) in [5, 5.41) is 6.59. The number of azo groups is 1. The molecule has 0 spiro atoms. The minimum absolute atomic E-state index is 0.0231. The number of aliphatic imine (C=N–C) groups is 1. The quantitative estimate of drug-likeness (QED) is 0.326. The van der Waals surface area contributed by atoms with Crippen molar-refractivity contribution in [3.63, 3.8) is 0 Å². The summed E-state index contributed by atoms with van der Waals surface area (Å²) in [6.07, 6.45) is 0. The maximum Gasteiger partial charge on any atom is 0.281 e. The van der Waals surface area contributed by atoms with Crippen molar-refractivity contribution < 1.29 is 0 Å². The Bertz CT molecular complexity index is 154. The molecule has 0 aliphatic carbocycles. The van der Waals surface area contributed by atoms with Gasteiger partial charge in [-0.3, -0.25) is 11.5 Å². The highest BCUT2D eigenvalue weighted by molar-refractivity contribution is 5.79. The average molecular weight is 114 g/mol. The minimum atomic E-state index is -1.41. The number of nitrogens with two attached hydrogens (primary N) is 3. The van der Waals surface area contributed by atoms with E-state index >= 15 is 0 Å². The lowest BCUT2D eigenvalue weighted by atomic mass is 10.7. The van der Waals surface area contributed by atoms with Crippen molar-refractivity contribution in [3.8, 4) is 0 Å². The first kappa shape index (κ1) is 5.13. The van der Waals surface area contributed by atoms with Crippen molar-refractivity contribution in [1.29, 1.82) is 0 Å². The van der Waals surface area contributed by atoms with E-state index in [1.807, 2.05) is 0 Å². The van der Waals surface area contributed by atoms with E-state index in [-0.39, 0.29) is 5.96 Å². The van der Waals surface area contributed by atoms with Crippen LogP contribution in [0.15, 0.2) is 15.2 Å². The Kier molecular flexibility index (Phi) is 0.792. The zero-order chi connectivity index (χ0) is 6.20. The Morgan fingerprint density at radius 3 is 2.12 bits per heavy atom. The third-order valence-corrected chi connectivity index (χ3v) is 0.606. The summed E-state index contributed by atoms with van der Waals surface area (Å²) >= 11 is 0. The Morgan fingerprint density at radius 1 is 1.38 bits per heavy atom. The normalized spacial score (nSPS) is 23.5. The summed E-state index contributed by atoms with van der Waals surface area (Å²) < 4.78 is 0. The number of hydrogen-bond acceptors (Lipinski definition) is 6. The van der Waals surface area contributed by atoms with Crippen molar-refractivity contribution in [2.24, 2.45) is 32.4 Å². The lowest BCUT2D eigenvalue weighted by Crippen LogP contribution is -2.44. The van der Waals surface area contributed by atoms with Crippen LogP contribution >= 0.6 is 0 Å². The van der Waals surface area contributed by atoms with E-state index in [1.54, 1.807) is 0 Å². The lowest BCUT2D eigenvalue weighted by Gasteiger charge is -2.03. The fraction of sp³-hybridized carbons (Fsp3) is 0.500. The van der Waals surface area contributed by atoms with Crippen LogP contribution in [0, 0.1) is 0 Å². The molecule has 1 aliphatic rings. The molecule has 0 unspecified atom stereocenters. The number of guanidine groups is 1. The van der Waals surface area contributed by atoms with Crippen LogP contribution in [-0.4, -0.2) is 11.9 Å². The fourth-order valence-electron chi connectivity index (χ4n) is 0.360. The van der Waals surface area contributed by atoms with Crippen molar-refractivity contribution in [2.75, 3.05) is 0 Å². The molecule has 0 fully saturated rings. The van der Waals surface area contributed by atoms with Gasteiger partial charge in [0.05, 0.1) is 0 Å². The Hall–Kier alpha value is -1.01. The highest BCUT2D eigenvalue weighted by Gasteiger charge is 2.20. The van der Waals surface area contributed by atoms with Crippen LogP contribution in [-0.2, 0) is 0 Å². The van der Waals surface area contributed by atoms with Gasteiger partial charge in [0.1, 0.15) is 0 Å². The number of nitrogens with zero attached hydrogens (tertiary/aromatic N) is 3. The standard InChI is InChI=1S/C2H6N6/c3-1-6-2(4,5)8-7-1/h4-5H2,(H2,3,6). The molecule has 6 nitrogen and oxygen atoms in total. The zero-order valence-electron chi connectivity index (χ0n) is 4.07. The second kappa shape index (κ2) is 1.23. The highest BCUT2D eigenvalue weighted by atomic mass is 15.5. The summed E-state index contributed by atoms with van der Waals surface area (Å²) in [6, 6.07) is 0. The van der Waals surface area contributed by atoms with Crippen molar-refractivity contribution in [1.82, 2.24) is 0 Å². The SMILES string of the molecule is NC1=NC(N)(N)N=N1.